The van der Waals surface area contributed by atoms with Gasteiger partial charge >= 0.3 is 6.18 Å². The van der Waals surface area contributed by atoms with Crippen molar-refractivity contribution < 1.29 is 23.1 Å². The number of aliphatic hydroxyl groups is 1. The summed E-state index contributed by atoms with van der Waals surface area (Å²) in [7, 11) is 0. The largest absolute Gasteiger partial charge is 0.407 e. The van der Waals surface area contributed by atoms with Gasteiger partial charge in [-0.15, -0.1) is 0 Å². The van der Waals surface area contributed by atoms with Crippen LogP contribution < -0.4 is 5.32 Å². The summed E-state index contributed by atoms with van der Waals surface area (Å²) in [6.07, 6.45) is -4.70. The molecule has 0 radical (unpaired) electrons. The molecule has 4 nitrogen and oxygen atoms in total. The number of rotatable bonds is 3. The molecule has 0 spiro atoms. The van der Waals surface area contributed by atoms with E-state index in [0.29, 0.717) is 6.07 Å². The summed E-state index contributed by atoms with van der Waals surface area (Å²) in [4.78, 5) is 14.4. The van der Waals surface area contributed by atoms with Crippen molar-refractivity contribution in [3.8, 4) is 0 Å². The molecule has 8 heteroatoms. The van der Waals surface area contributed by atoms with Gasteiger partial charge in [0, 0.05) is 11.0 Å². The van der Waals surface area contributed by atoms with Crippen LogP contribution in [-0.2, 0) is 11.0 Å². The average Bonchev–Trinajstić information content (AvgIpc) is 2.37. The molecule has 1 atom stereocenters. The fourth-order valence-corrected chi connectivity index (χ4v) is 1.52. The number of amides is 1. The molecule has 0 saturated carbocycles. The molecule has 1 aromatic rings. The molecule has 0 saturated heterocycles. The molecule has 2 N–H and O–H groups in total. The number of nitrogens with zero attached hydrogens (tertiary/aromatic N) is 1. The number of hydrogen-bond acceptors (Lipinski definition) is 2. The van der Waals surface area contributed by atoms with Gasteiger partial charge in [0.2, 0.25) is 0 Å². The summed E-state index contributed by atoms with van der Waals surface area (Å²) in [5.41, 5.74) is -3.58. The van der Waals surface area contributed by atoms with Gasteiger partial charge in [0.05, 0.1) is 12.1 Å². The van der Waals surface area contributed by atoms with E-state index in [1.165, 1.54) is 13.0 Å². The smallest absolute Gasteiger partial charge is 0.379 e. The third-order valence-electron chi connectivity index (χ3n) is 2.43. The van der Waals surface area contributed by atoms with Gasteiger partial charge in [0.1, 0.15) is 5.60 Å². The highest BCUT2D eigenvalue weighted by atomic mass is 79.9. The highest BCUT2D eigenvalue weighted by Crippen LogP contribution is 2.38. The highest BCUT2D eigenvalue weighted by Gasteiger charge is 2.34. The van der Waals surface area contributed by atoms with E-state index in [1.807, 2.05) is 0 Å². The van der Waals surface area contributed by atoms with Crippen LogP contribution in [0.15, 0.2) is 18.2 Å². The van der Waals surface area contributed by atoms with E-state index >= 15 is 0 Å². The summed E-state index contributed by atoms with van der Waals surface area (Å²) < 4.78 is 38.2. The first kappa shape index (κ1) is 16.5. The second-order valence-electron chi connectivity index (χ2n) is 4.20. The lowest BCUT2D eigenvalue weighted by Crippen LogP contribution is -2.41. The van der Waals surface area contributed by atoms with Crippen LogP contribution in [-0.4, -0.2) is 21.9 Å². The maximum atomic E-state index is 12.7. The molecule has 0 unspecified atom stereocenters. The molecule has 0 aromatic heterocycles. The molecule has 1 aromatic carbocycles. The van der Waals surface area contributed by atoms with Crippen LogP contribution in [0.25, 0.3) is 4.85 Å². The van der Waals surface area contributed by atoms with Crippen molar-refractivity contribution in [1.29, 1.82) is 0 Å². The Hall–Kier alpha value is -1.59. The van der Waals surface area contributed by atoms with E-state index in [-0.39, 0.29) is 11.0 Å². The minimum absolute atomic E-state index is 0.0713. The minimum Gasteiger partial charge on any atom is -0.379 e. The van der Waals surface area contributed by atoms with Crippen LogP contribution in [0.4, 0.5) is 24.5 Å². The van der Waals surface area contributed by atoms with E-state index in [4.69, 9.17) is 6.57 Å². The summed E-state index contributed by atoms with van der Waals surface area (Å²) in [5.74, 6) is -0.849. The number of benzene rings is 1. The monoisotopic (exact) mass is 350 g/mol. The van der Waals surface area contributed by atoms with E-state index < -0.39 is 28.9 Å². The van der Waals surface area contributed by atoms with Crippen LogP contribution in [0, 0.1) is 6.57 Å². The fourth-order valence-electron chi connectivity index (χ4n) is 1.26. The van der Waals surface area contributed by atoms with Crippen LogP contribution in [0.5, 0.6) is 0 Å². The molecule has 0 fully saturated rings. The lowest BCUT2D eigenvalue weighted by atomic mass is 10.1. The average molecular weight is 351 g/mol. The number of carbonyl (C=O) groups is 1. The van der Waals surface area contributed by atoms with Gasteiger partial charge in [0.25, 0.3) is 5.91 Å². The lowest BCUT2D eigenvalue weighted by Gasteiger charge is -2.20. The normalized spacial score (nSPS) is 14.2. The Bertz CT molecular complexity index is 565. The molecule has 0 aliphatic carbocycles. The minimum atomic E-state index is -4.70. The SMILES string of the molecule is [C-]#[N+]c1ccc(NC(=O)[C@@](C)(O)CBr)cc1C(F)(F)F. The van der Waals surface area contributed by atoms with E-state index in [9.17, 15) is 23.1 Å². The van der Waals surface area contributed by atoms with E-state index in [1.54, 1.807) is 0 Å². The Morgan fingerprint density at radius 3 is 2.55 bits per heavy atom. The molecule has 108 valence electrons. The van der Waals surface area contributed by atoms with E-state index in [0.717, 1.165) is 6.07 Å². The van der Waals surface area contributed by atoms with Gasteiger partial charge in [-0.1, -0.05) is 22.0 Å². The first-order valence-electron chi connectivity index (χ1n) is 5.30. The van der Waals surface area contributed by atoms with Crippen LogP contribution in [0.2, 0.25) is 0 Å². The molecule has 1 rings (SSSR count). The number of alkyl halides is 4. The van der Waals surface area contributed by atoms with Crippen molar-refractivity contribution in [2.45, 2.75) is 18.7 Å². The van der Waals surface area contributed by atoms with Crippen molar-refractivity contribution in [3.05, 3.63) is 35.2 Å². The number of halogens is 4. The molecule has 0 aliphatic rings. The van der Waals surface area contributed by atoms with Crippen LogP contribution in [0.3, 0.4) is 0 Å². The zero-order valence-electron chi connectivity index (χ0n) is 10.3. The first-order chi connectivity index (χ1) is 9.11. The molecule has 0 bridgehead atoms. The maximum Gasteiger partial charge on any atom is 0.407 e. The van der Waals surface area contributed by atoms with Crippen molar-refractivity contribution in [2.75, 3.05) is 10.6 Å². The zero-order chi connectivity index (χ0) is 15.6. The summed E-state index contributed by atoms with van der Waals surface area (Å²) >= 11 is 2.92. The predicted molar refractivity (Wildman–Crippen MR) is 70.8 cm³/mol. The van der Waals surface area contributed by atoms with Crippen molar-refractivity contribution in [1.82, 2.24) is 0 Å². The lowest BCUT2D eigenvalue weighted by molar-refractivity contribution is -0.137. The van der Waals surface area contributed by atoms with Gasteiger partial charge in [-0.2, -0.15) is 13.2 Å². The molecular formula is C12H10BrF3N2O2. The van der Waals surface area contributed by atoms with Gasteiger partial charge in [-0.3, -0.25) is 4.79 Å². The molecule has 0 heterocycles. The third kappa shape index (κ3) is 3.71. The molecule has 1 amide bonds. The Morgan fingerprint density at radius 1 is 1.50 bits per heavy atom. The Morgan fingerprint density at radius 2 is 2.10 bits per heavy atom. The second-order valence-corrected chi connectivity index (χ2v) is 4.76. The Kier molecular flexibility index (Phi) is 4.78. The molecule has 20 heavy (non-hydrogen) atoms. The number of hydrogen-bond donors (Lipinski definition) is 2. The predicted octanol–water partition coefficient (Wildman–Crippen LogP) is 3.34. The van der Waals surface area contributed by atoms with Crippen molar-refractivity contribution in [3.63, 3.8) is 0 Å². The second kappa shape index (κ2) is 5.81. The molecule has 0 aliphatic heterocycles. The summed E-state index contributed by atoms with van der Waals surface area (Å²) in [5, 5.41) is 11.8. The van der Waals surface area contributed by atoms with Crippen LogP contribution in [0.1, 0.15) is 12.5 Å². The van der Waals surface area contributed by atoms with Crippen molar-refractivity contribution >= 4 is 33.2 Å². The summed E-state index contributed by atoms with van der Waals surface area (Å²) in [6, 6.07) is 2.80. The molecular weight excluding hydrogens is 341 g/mol. The first-order valence-corrected chi connectivity index (χ1v) is 6.42. The van der Waals surface area contributed by atoms with E-state index in [2.05, 4.69) is 26.1 Å². The maximum absolute atomic E-state index is 12.7. The number of anilines is 1. The quantitative estimate of drug-likeness (QED) is 0.648. The zero-order valence-corrected chi connectivity index (χ0v) is 11.8. The fraction of sp³-hybridized carbons (Fsp3) is 0.333. The summed E-state index contributed by atoms with van der Waals surface area (Å²) in [6.45, 7) is 7.91. The standard InChI is InChI=1S/C12H10BrF3N2O2/c1-11(20,6-13)10(19)18-7-3-4-9(17-2)8(5-7)12(14,15)16/h3-5,20H,6H2,1H3,(H,18,19)/t11-/m0/s1. The number of carbonyl (C=O) groups excluding carboxylic acids is 1. The van der Waals surface area contributed by atoms with Gasteiger partial charge < -0.3 is 10.4 Å². The Balaban J connectivity index is 3.12. The van der Waals surface area contributed by atoms with Gasteiger partial charge in [-0.05, 0) is 19.1 Å². The van der Waals surface area contributed by atoms with Gasteiger partial charge in [-0.25, -0.2) is 4.85 Å². The number of nitrogens with one attached hydrogen (secondary N) is 1. The highest BCUT2D eigenvalue weighted by molar-refractivity contribution is 9.09. The van der Waals surface area contributed by atoms with Crippen molar-refractivity contribution in [2.24, 2.45) is 0 Å². The topological polar surface area (TPSA) is 53.7 Å². The van der Waals surface area contributed by atoms with Crippen LogP contribution >= 0.6 is 15.9 Å². The third-order valence-corrected chi connectivity index (χ3v) is 3.52. The van der Waals surface area contributed by atoms with Gasteiger partial charge in [0.15, 0.2) is 5.69 Å². The Labute approximate surface area is 121 Å².